The normalized spacial score (nSPS) is 17.1. The van der Waals surface area contributed by atoms with Crippen molar-refractivity contribution in [3.8, 4) is 0 Å². The fourth-order valence-electron chi connectivity index (χ4n) is 2.52. The van der Waals surface area contributed by atoms with E-state index in [9.17, 15) is 13.2 Å². The highest BCUT2D eigenvalue weighted by Crippen LogP contribution is 2.29. The van der Waals surface area contributed by atoms with Gasteiger partial charge in [0.1, 0.15) is 0 Å². The molecule has 21 heavy (non-hydrogen) atoms. The summed E-state index contributed by atoms with van der Waals surface area (Å²) in [6.07, 6.45) is 2.79. The molecule has 116 valence electrons. The maximum Gasteiger partial charge on any atom is 0.416 e. The van der Waals surface area contributed by atoms with Crippen LogP contribution in [-0.2, 0) is 6.18 Å². The Morgan fingerprint density at radius 2 is 1.57 bits per heavy atom. The van der Waals surface area contributed by atoms with Crippen molar-refractivity contribution in [3.05, 3.63) is 29.8 Å². The van der Waals surface area contributed by atoms with Crippen LogP contribution in [0.3, 0.4) is 0 Å². The molecular formula is C15H19F3N2S. The molecular weight excluding hydrogens is 297 g/mol. The second-order valence-corrected chi connectivity index (χ2v) is 5.77. The monoisotopic (exact) mass is 316 g/mol. The van der Waals surface area contributed by atoms with Crippen molar-refractivity contribution in [3.63, 3.8) is 0 Å². The van der Waals surface area contributed by atoms with Crippen molar-refractivity contribution in [2.45, 2.75) is 50.7 Å². The smallest absolute Gasteiger partial charge is 0.360 e. The van der Waals surface area contributed by atoms with E-state index in [2.05, 4.69) is 10.6 Å². The van der Waals surface area contributed by atoms with Crippen LogP contribution >= 0.6 is 12.2 Å². The second-order valence-electron chi connectivity index (χ2n) is 5.36. The molecule has 0 saturated heterocycles. The van der Waals surface area contributed by atoms with Crippen molar-refractivity contribution < 1.29 is 13.2 Å². The average molecular weight is 316 g/mol. The summed E-state index contributed by atoms with van der Waals surface area (Å²) in [6, 6.07) is 5.25. The Morgan fingerprint density at radius 1 is 1.00 bits per heavy atom. The van der Waals surface area contributed by atoms with Gasteiger partial charge >= 0.3 is 6.18 Å². The van der Waals surface area contributed by atoms with Crippen LogP contribution in [0.4, 0.5) is 18.9 Å². The zero-order chi connectivity index (χ0) is 15.3. The lowest BCUT2D eigenvalue weighted by molar-refractivity contribution is -0.137. The number of hydrogen-bond acceptors (Lipinski definition) is 1. The molecule has 0 amide bonds. The van der Waals surface area contributed by atoms with Gasteiger partial charge in [-0.15, -0.1) is 0 Å². The highest BCUT2D eigenvalue weighted by Gasteiger charge is 2.29. The molecule has 1 saturated carbocycles. The summed E-state index contributed by atoms with van der Waals surface area (Å²) in [5, 5.41) is 6.67. The fraction of sp³-hybridized carbons (Fsp3) is 0.533. The molecule has 0 atom stereocenters. The molecule has 0 spiro atoms. The molecule has 0 bridgehead atoms. The Labute approximate surface area is 128 Å². The molecule has 0 aromatic heterocycles. The first-order chi connectivity index (χ1) is 9.95. The summed E-state index contributed by atoms with van der Waals surface area (Å²) in [6.45, 7) is 0. The van der Waals surface area contributed by atoms with Crippen LogP contribution in [0, 0.1) is 0 Å². The Bertz CT molecular complexity index is 463. The van der Waals surface area contributed by atoms with Crippen LogP contribution in [0.25, 0.3) is 0 Å². The van der Waals surface area contributed by atoms with Crippen LogP contribution < -0.4 is 10.6 Å². The Kier molecular flexibility index (Phi) is 5.45. The Morgan fingerprint density at radius 3 is 2.10 bits per heavy atom. The van der Waals surface area contributed by atoms with E-state index in [1.165, 1.54) is 37.8 Å². The van der Waals surface area contributed by atoms with Gasteiger partial charge in [0.15, 0.2) is 5.11 Å². The van der Waals surface area contributed by atoms with Crippen LogP contribution in [0.15, 0.2) is 24.3 Å². The topological polar surface area (TPSA) is 24.1 Å². The number of halogens is 3. The van der Waals surface area contributed by atoms with Crippen LogP contribution in [-0.4, -0.2) is 11.2 Å². The number of hydrogen-bond donors (Lipinski definition) is 2. The van der Waals surface area contributed by atoms with Crippen molar-refractivity contribution in [2.75, 3.05) is 5.32 Å². The van der Waals surface area contributed by atoms with Gasteiger partial charge in [0, 0.05) is 11.7 Å². The highest BCUT2D eigenvalue weighted by atomic mass is 32.1. The molecule has 2 rings (SSSR count). The summed E-state index contributed by atoms with van der Waals surface area (Å²) in [7, 11) is 0. The summed E-state index contributed by atoms with van der Waals surface area (Å²) in [5.74, 6) is 0. The minimum Gasteiger partial charge on any atom is -0.360 e. The van der Waals surface area contributed by atoms with Gasteiger partial charge in [-0.3, -0.25) is 0 Å². The molecule has 2 N–H and O–H groups in total. The number of rotatable bonds is 2. The molecule has 1 aromatic rings. The minimum atomic E-state index is -4.31. The molecule has 2 nitrogen and oxygen atoms in total. The molecule has 0 unspecified atom stereocenters. The maximum atomic E-state index is 12.5. The predicted molar refractivity (Wildman–Crippen MR) is 82.3 cm³/mol. The predicted octanol–water partition coefficient (Wildman–Crippen LogP) is 4.71. The maximum absolute atomic E-state index is 12.5. The van der Waals surface area contributed by atoms with E-state index in [0.29, 0.717) is 16.8 Å². The van der Waals surface area contributed by atoms with Crippen molar-refractivity contribution in [1.82, 2.24) is 5.32 Å². The van der Waals surface area contributed by atoms with Gasteiger partial charge in [-0.2, -0.15) is 13.2 Å². The Hall–Kier alpha value is -1.30. The SMILES string of the molecule is FC(F)(F)c1ccc(NC(=S)NC2CCCCCC2)cc1. The molecule has 1 aliphatic rings. The number of anilines is 1. The van der Waals surface area contributed by atoms with Gasteiger partial charge in [0.05, 0.1) is 5.56 Å². The third-order valence-electron chi connectivity index (χ3n) is 3.66. The molecule has 0 aliphatic heterocycles. The molecule has 1 aliphatic carbocycles. The van der Waals surface area contributed by atoms with Crippen LogP contribution in [0.2, 0.25) is 0 Å². The first-order valence-electron chi connectivity index (χ1n) is 7.20. The van der Waals surface area contributed by atoms with E-state index >= 15 is 0 Å². The molecule has 6 heteroatoms. The third kappa shape index (κ3) is 5.19. The van der Waals surface area contributed by atoms with Crippen molar-refractivity contribution >= 4 is 23.0 Å². The first-order valence-corrected chi connectivity index (χ1v) is 7.61. The lowest BCUT2D eigenvalue weighted by Crippen LogP contribution is -2.37. The lowest BCUT2D eigenvalue weighted by atomic mass is 10.1. The molecule has 1 aromatic carbocycles. The molecule has 0 radical (unpaired) electrons. The van der Waals surface area contributed by atoms with Gasteiger partial charge in [-0.1, -0.05) is 25.7 Å². The Balaban J connectivity index is 1.87. The molecule has 0 heterocycles. The fourth-order valence-corrected chi connectivity index (χ4v) is 2.80. The van der Waals surface area contributed by atoms with E-state index in [0.717, 1.165) is 25.0 Å². The van der Waals surface area contributed by atoms with Crippen molar-refractivity contribution in [2.24, 2.45) is 0 Å². The summed E-state index contributed by atoms with van der Waals surface area (Å²) < 4.78 is 37.4. The van der Waals surface area contributed by atoms with E-state index in [-0.39, 0.29) is 0 Å². The quantitative estimate of drug-likeness (QED) is 0.610. The first kappa shape index (κ1) is 16.1. The van der Waals surface area contributed by atoms with E-state index in [1.807, 2.05) is 0 Å². The van der Waals surface area contributed by atoms with Gasteiger partial charge < -0.3 is 10.6 Å². The van der Waals surface area contributed by atoms with Gasteiger partial charge in [0.2, 0.25) is 0 Å². The minimum absolute atomic E-state index is 0.363. The van der Waals surface area contributed by atoms with E-state index in [4.69, 9.17) is 12.2 Å². The van der Waals surface area contributed by atoms with Crippen LogP contribution in [0.5, 0.6) is 0 Å². The number of thiocarbonyl (C=S) groups is 1. The van der Waals surface area contributed by atoms with Gasteiger partial charge in [-0.05, 0) is 49.3 Å². The highest BCUT2D eigenvalue weighted by molar-refractivity contribution is 7.80. The largest absolute Gasteiger partial charge is 0.416 e. The van der Waals surface area contributed by atoms with Gasteiger partial charge in [-0.25, -0.2) is 0 Å². The van der Waals surface area contributed by atoms with Gasteiger partial charge in [0.25, 0.3) is 0 Å². The number of nitrogens with one attached hydrogen (secondary N) is 2. The molecule has 1 fully saturated rings. The number of benzene rings is 1. The second kappa shape index (κ2) is 7.11. The summed E-state index contributed by atoms with van der Waals surface area (Å²) in [4.78, 5) is 0. The summed E-state index contributed by atoms with van der Waals surface area (Å²) >= 11 is 5.22. The zero-order valence-corrected chi connectivity index (χ0v) is 12.5. The standard InChI is InChI=1S/C15H19F3N2S/c16-15(17,18)11-7-9-13(10-8-11)20-14(21)19-12-5-3-1-2-4-6-12/h7-10,12H,1-6H2,(H2,19,20,21). The third-order valence-corrected chi connectivity index (χ3v) is 3.88. The number of alkyl halides is 3. The average Bonchev–Trinajstić information content (AvgIpc) is 2.67. The van der Waals surface area contributed by atoms with Crippen molar-refractivity contribution in [1.29, 1.82) is 0 Å². The van der Waals surface area contributed by atoms with Crippen LogP contribution in [0.1, 0.15) is 44.1 Å². The lowest BCUT2D eigenvalue weighted by Gasteiger charge is -2.19. The zero-order valence-electron chi connectivity index (χ0n) is 11.7. The summed E-state index contributed by atoms with van der Waals surface area (Å²) in [5.41, 5.74) is -0.0928. The van der Waals surface area contributed by atoms with E-state index < -0.39 is 11.7 Å². The van der Waals surface area contributed by atoms with E-state index in [1.54, 1.807) is 0 Å².